The molecule has 0 aromatic heterocycles. The number of rotatable bonds is 8. The number of aliphatic carboxylic acids is 1. The fraction of sp³-hybridized carbons (Fsp3) is 0.333. The van der Waals surface area contributed by atoms with E-state index in [1.807, 2.05) is 31.2 Å². The molecule has 0 fully saturated rings. The van der Waals surface area contributed by atoms with Crippen LogP contribution in [0, 0.1) is 12.3 Å². The Hall–Kier alpha value is -2.13. The van der Waals surface area contributed by atoms with E-state index in [-0.39, 0.29) is 18.1 Å². The van der Waals surface area contributed by atoms with E-state index in [1.54, 1.807) is 0 Å². The van der Waals surface area contributed by atoms with Gasteiger partial charge in [-0.1, -0.05) is 0 Å². The summed E-state index contributed by atoms with van der Waals surface area (Å²) in [5, 5.41) is 11.3. The van der Waals surface area contributed by atoms with Crippen molar-refractivity contribution in [1.29, 1.82) is 0 Å². The van der Waals surface area contributed by atoms with Gasteiger partial charge in [-0.05, 0) is 31.2 Å². The van der Waals surface area contributed by atoms with Crippen LogP contribution in [0.5, 0.6) is 5.75 Å². The van der Waals surface area contributed by atoms with Crippen LogP contribution < -0.4 is 10.1 Å². The van der Waals surface area contributed by atoms with Crippen LogP contribution in [0.4, 0.5) is 0 Å². The van der Waals surface area contributed by atoms with Crippen molar-refractivity contribution in [2.45, 2.75) is 24.3 Å². The summed E-state index contributed by atoms with van der Waals surface area (Å²) in [6.45, 7) is 2.50. The Bertz CT molecular complexity index is 521. The number of ether oxygens (including phenoxy) is 1. The zero-order valence-electron chi connectivity index (χ0n) is 11.7. The van der Waals surface area contributed by atoms with E-state index in [9.17, 15) is 9.59 Å². The molecule has 0 aliphatic rings. The number of amides is 1. The maximum absolute atomic E-state index is 11.7. The van der Waals surface area contributed by atoms with Gasteiger partial charge in [-0.3, -0.25) is 4.79 Å². The van der Waals surface area contributed by atoms with Gasteiger partial charge in [0.25, 0.3) is 0 Å². The number of hydrogen-bond acceptors (Lipinski definition) is 4. The highest BCUT2D eigenvalue weighted by Gasteiger charge is 2.18. The fourth-order valence-electron chi connectivity index (χ4n) is 1.50. The van der Waals surface area contributed by atoms with Gasteiger partial charge in [0, 0.05) is 11.3 Å². The number of carbonyl (C=O) groups excluding carboxylic acids is 1. The highest BCUT2D eigenvalue weighted by atomic mass is 32.2. The van der Waals surface area contributed by atoms with Crippen LogP contribution >= 0.6 is 11.8 Å². The summed E-state index contributed by atoms with van der Waals surface area (Å²) in [5.41, 5.74) is 0. The van der Waals surface area contributed by atoms with E-state index in [0.717, 1.165) is 10.6 Å². The van der Waals surface area contributed by atoms with E-state index >= 15 is 0 Å². The highest BCUT2D eigenvalue weighted by molar-refractivity contribution is 8.00. The molecule has 112 valence electrons. The molecule has 1 amide bonds. The first kappa shape index (κ1) is 16.9. The lowest BCUT2D eigenvalue weighted by Crippen LogP contribution is -2.41. The van der Waals surface area contributed by atoms with Gasteiger partial charge < -0.3 is 15.2 Å². The highest BCUT2D eigenvalue weighted by Crippen LogP contribution is 2.21. The maximum Gasteiger partial charge on any atom is 0.327 e. The van der Waals surface area contributed by atoms with Crippen LogP contribution in [0.2, 0.25) is 0 Å². The molecular formula is C15H17NO4S. The van der Waals surface area contributed by atoms with Gasteiger partial charge in [0.05, 0.1) is 12.4 Å². The second kappa shape index (κ2) is 8.93. The van der Waals surface area contributed by atoms with E-state index in [4.69, 9.17) is 16.3 Å². The van der Waals surface area contributed by atoms with Crippen LogP contribution in [0.3, 0.4) is 0 Å². The summed E-state index contributed by atoms with van der Waals surface area (Å²) in [4.78, 5) is 23.5. The van der Waals surface area contributed by atoms with Gasteiger partial charge in [-0.25, -0.2) is 4.79 Å². The molecule has 0 radical (unpaired) electrons. The largest absolute Gasteiger partial charge is 0.494 e. The third-order valence-corrected chi connectivity index (χ3v) is 3.47. The molecule has 2 N–H and O–H groups in total. The number of benzene rings is 1. The summed E-state index contributed by atoms with van der Waals surface area (Å²) in [7, 11) is 0. The Balaban J connectivity index is 2.45. The number of terminal acetylenes is 1. The van der Waals surface area contributed by atoms with Crippen molar-refractivity contribution in [2.75, 3.05) is 12.4 Å². The van der Waals surface area contributed by atoms with Crippen LogP contribution in [-0.2, 0) is 9.59 Å². The Morgan fingerprint density at radius 1 is 1.43 bits per heavy atom. The number of nitrogens with one attached hydrogen (secondary N) is 1. The fourth-order valence-corrected chi connectivity index (χ4v) is 2.21. The molecule has 1 aromatic carbocycles. The monoisotopic (exact) mass is 307 g/mol. The minimum Gasteiger partial charge on any atom is -0.494 e. The predicted octanol–water partition coefficient (Wildman–Crippen LogP) is 1.77. The topological polar surface area (TPSA) is 75.6 Å². The Kier molecular flexibility index (Phi) is 7.19. The van der Waals surface area contributed by atoms with Crippen LogP contribution in [-0.4, -0.2) is 35.4 Å². The zero-order valence-corrected chi connectivity index (χ0v) is 12.5. The van der Waals surface area contributed by atoms with Gasteiger partial charge in [-0.15, -0.1) is 24.1 Å². The molecular weight excluding hydrogens is 290 g/mol. The van der Waals surface area contributed by atoms with E-state index in [2.05, 4.69) is 11.2 Å². The van der Waals surface area contributed by atoms with Crippen molar-refractivity contribution in [1.82, 2.24) is 5.32 Å². The number of thioether (sulfide) groups is 1. The van der Waals surface area contributed by atoms with Gasteiger partial charge >= 0.3 is 5.97 Å². The maximum atomic E-state index is 11.7. The quantitative estimate of drug-likeness (QED) is 0.565. The Morgan fingerprint density at radius 2 is 2.10 bits per heavy atom. The second-order valence-corrected chi connectivity index (χ2v) is 5.11. The number of hydrogen-bond donors (Lipinski definition) is 2. The van der Waals surface area contributed by atoms with Crippen molar-refractivity contribution in [3.05, 3.63) is 24.3 Å². The Labute approximate surface area is 128 Å². The summed E-state index contributed by atoms with van der Waals surface area (Å²) in [6.07, 6.45) is 5.03. The van der Waals surface area contributed by atoms with Crippen LogP contribution in [0.1, 0.15) is 13.3 Å². The van der Waals surface area contributed by atoms with E-state index < -0.39 is 12.0 Å². The molecule has 0 aliphatic heterocycles. The molecule has 0 spiro atoms. The first-order valence-electron chi connectivity index (χ1n) is 6.38. The Morgan fingerprint density at radius 3 is 2.62 bits per heavy atom. The third kappa shape index (κ3) is 6.23. The molecule has 0 saturated carbocycles. The number of carboxylic acid groups (broad SMARTS) is 1. The summed E-state index contributed by atoms with van der Waals surface area (Å²) in [5.74, 6) is 1.63. The molecule has 0 bridgehead atoms. The van der Waals surface area contributed by atoms with Crippen LogP contribution in [0.15, 0.2) is 29.2 Å². The molecule has 1 rings (SSSR count). The van der Waals surface area contributed by atoms with Gasteiger partial charge in [-0.2, -0.15) is 0 Å². The van der Waals surface area contributed by atoms with Crippen LogP contribution in [0.25, 0.3) is 0 Å². The predicted molar refractivity (Wildman–Crippen MR) is 81.4 cm³/mol. The number of carbonyl (C=O) groups is 2. The van der Waals surface area contributed by atoms with Crippen molar-refractivity contribution in [3.63, 3.8) is 0 Å². The van der Waals surface area contributed by atoms with Crippen molar-refractivity contribution in [2.24, 2.45) is 0 Å². The standard InChI is InChI=1S/C15H17NO4S/c1-3-5-13(15(18)19)16-14(17)10-21-12-8-6-11(7-9-12)20-4-2/h1,6-9,13H,4-5,10H2,2H3,(H,16,17)(H,18,19). The van der Waals surface area contributed by atoms with E-state index in [1.165, 1.54) is 11.8 Å². The minimum atomic E-state index is -1.13. The van der Waals surface area contributed by atoms with Crippen molar-refractivity contribution in [3.8, 4) is 18.1 Å². The molecule has 21 heavy (non-hydrogen) atoms. The second-order valence-electron chi connectivity index (χ2n) is 4.06. The molecule has 0 saturated heterocycles. The minimum absolute atomic E-state index is 0.0329. The van der Waals surface area contributed by atoms with Gasteiger partial charge in [0.15, 0.2) is 0 Å². The molecule has 6 heteroatoms. The van der Waals surface area contributed by atoms with Crippen molar-refractivity contribution < 1.29 is 19.4 Å². The lowest BCUT2D eigenvalue weighted by molar-refractivity contribution is -0.141. The zero-order chi connectivity index (χ0) is 15.7. The van der Waals surface area contributed by atoms with Gasteiger partial charge in [0.2, 0.25) is 5.91 Å². The summed E-state index contributed by atoms with van der Waals surface area (Å²) >= 11 is 1.31. The molecule has 1 atom stereocenters. The first-order chi connectivity index (χ1) is 10.1. The smallest absolute Gasteiger partial charge is 0.327 e. The lowest BCUT2D eigenvalue weighted by Gasteiger charge is -2.11. The summed E-state index contributed by atoms with van der Waals surface area (Å²) in [6, 6.07) is 6.30. The molecule has 1 aromatic rings. The van der Waals surface area contributed by atoms with E-state index in [0.29, 0.717) is 6.61 Å². The average Bonchev–Trinajstić information content (AvgIpc) is 2.46. The third-order valence-electron chi connectivity index (χ3n) is 2.46. The summed E-state index contributed by atoms with van der Waals surface area (Å²) < 4.78 is 5.32. The number of carboxylic acids is 1. The lowest BCUT2D eigenvalue weighted by atomic mass is 10.2. The molecule has 5 nitrogen and oxygen atoms in total. The molecule has 1 unspecified atom stereocenters. The molecule has 0 aliphatic carbocycles. The average molecular weight is 307 g/mol. The SMILES string of the molecule is C#CCC(NC(=O)CSc1ccc(OCC)cc1)C(=O)O. The first-order valence-corrected chi connectivity index (χ1v) is 7.36. The van der Waals surface area contributed by atoms with Gasteiger partial charge in [0.1, 0.15) is 11.8 Å². The van der Waals surface area contributed by atoms with Crippen molar-refractivity contribution >= 4 is 23.6 Å². The molecule has 0 heterocycles. The normalized spacial score (nSPS) is 11.2.